The fraction of sp³-hybridized carbons (Fsp3) is 0.412. The number of para-hydroxylation sites is 1. The predicted octanol–water partition coefficient (Wildman–Crippen LogP) is 4.43. The number of thiazole rings is 1. The number of aryl methyl sites for hydroxylation is 4. The number of aromatic nitrogens is 1. The number of anilines is 1. The van der Waals surface area contributed by atoms with Gasteiger partial charge in [-0.25, -0.2) is 9.98 Å². The summed E-state index contributed by atoms with van der Waals surface area (Å²) in [6.07, 6.45) is 1.93. The highest BCUT2D eigenvalue weighted by Gasteiger charge is 2.07. The molecule has 0 aliphatic carbocycles. The molecule has 2 aromatic rings. The molecular formula is C17H25IN4S. The van der Waals surface area contributed by atoms with Crippen LogP contribution in [0.4, 0.5) is 5.69 Å². The van der Waals surface area contributed by atoms with Gasteiger partial charge < -0.3 is 11.1 Å². The van der Waals surface area contributed by atoms with Crippen molar-refractivity contribution < 1.29 is 0 Å². The predicted molar refractivity (Wildman–Crippen MR) is 111 cm³/mol. The Hall–Kier alpha value is -1.15. The Labute approximate surface area is 159 Å². The normalized spacial score (nSPS) is 11.2. The second-order valence-corrected chi connectivity index (χ2v) is 6.52. The van der Waals surface area contributed by atoms with Crippen molar-refractivity contribution in [2.24, 2.45) is 10.7 Å². The molecule has 0 spiro atoms. The van der Waals surface area contributed by atoms with E-state index in [9.17, 15) is 0 Å². The summed E-state index contributed by atoms with van der Waals surface area (Å²) < 4.78 is 0. The molecule has 0 aliphatic heterocycles. The van der Waals surface area contributed by atoms with E-state index in [-0.39, 0.29) is 24.0 Å². The second-order valence-electron chi connectivity index (χ2n) is 5.23. The number of nitrogens with one attached hydrogen (secondary N) is 1. The molecule has 1 heterocycles. The SMILES string of the molecule is CCc1cccc(CC)c1NC(N)=NCc1nc(C)c(C)s1.I. The minimum atomic E-state index is 0. The zero-order valence-electron chi connectivity index (χ0n) is 14.1. The topological polar surface area (TPSA) is 63.3 Å². The zero-order valence-corrected chi connectivity index (χ0v) is 17.3. The summed E-state index contributed by atoms with van der Waals surface area (Å²) in [5.74, 6) is 0.445. The van der Waals surface area contributed by atoms with Gasteiger partial charge in [-0.2, -0.15) is 0 Å². The molecule has 4 nitrogen and oxygen atoms in total. The molecule has 126 valence electrons. The summed E-state index contributed by atoms with van der Waals surface area (Å²) >= 11 is 1.68. The van der Waals surface area contributed by atoms with Crippen LogP contribution in [0.5, 0.6) is 0 Å². The first-order chi connectivity index (χ1) is 10.5. The molecule has 0 fully saturated rings. The Balaban J connectivity index is 0.00000264. The van der Waals surface area contributed by atoms with E-state index in [0.717, 1.165) is 29.2 Å². The summed E-state index contributed by atoms with van der Waals surface area (Å²) in [5.41, 5.74) is 10.8. The zero-order chi connectivity index (χ0) is 16.1. The minimum absolute atomic E-state index is 0. The highest BCUT2D eigenvalue weighted by atomic mass is 127. The van der Waals surface area contributed by atoms with Crippen LogP contribution in [0.25, 0.3) is 0 Å². The molecule has 0 aliphatic rings. The van der Waals surface area contributed by atoms with Crippen molar-refractivity contribution in [1.82, 2.24) is 4.98 Å². The van der Waals surface area contributed by atoms with Crippen molar-refractivity contribution in [3.63, 3.8) is 0 Å². The van der Waals surface area contributed by atoms with E-state index < -0.39 is 0 Å². The summed E-state index contributed by atoms with van der Waals surface area (Å²) in [6.45, 7) is 8.91. The van der Waals surface area contributed by atoms with Crippen LogP contribution in [0.3, 0.4) is 0 Å². The highest BCUT2D eigenvalue weighted by Crippen LogP contribution is 2.22. The van der Waals surface area contributed by atoms with E-state index in [1.54, 1.807) is 11.3 Å². The van der Waals surface area contributed by atoms with Gasteiger partial charge in [-0.3, -0.25) is 0 Å². The molecule has 0 bridgehead atoms. The van der Waals surface area contributed by atoms with E-state index in [2.05, 4.69) is 54.3 Å². The lowest BCUT2D eigenvalue weighted by atomic mass is 10.0. The molecular weight excluding hydrogens is 419 g/mol. The quantitative estimate of drug-likeness (QED) is 0.408. The number of hydrogen-bond acceptors (Lipinski definition) is 3. The second kappa shape index (κ2) is 9.22. The number of aliphatic imine (C=N–C) groups is 1. The van der Waals surface area contributed by atoms with Crippen LogP contribution >= 0.6 is 35.3 Å². The third-order valence-corrected chi connectivity index (χ3v) is 4.77. The molecule has 6 heteroatoms. The Morgan fingerprint density at radius 3 is 2.30 bits per heavy atom. The van der Waals surface area contributed by atoms with Crippen LogP contribution in [0.2, 0.25) is 0 Å². The number of nitrogens with zero attached hydrogens (tertiary/aromatic N) is 2. The van der Waals surface area contributed by atoms with Crippen LogP contribution in [-0.4, -0.2) is 10.9 Å². The maximum Gasteiger partial charge on any atom is 0.193 e. The van der Waals surface area contributed by atoms with E-state index in [1.165, 1.54) is 16.0 Å². The maximum atomic E-state index is 6.06. The van der Waals surface area contributed by atoms with E-state index >= 15 is 0 Å². The Morgan fingerprint density at radius 2 is 1.83 bits per heavy atom. The van der Waals surface area contributed by atoms with Crippen molar-refractivity contribution in [2.45, 2.75) is 47.1 Å². The van der Waals surface area contributed by atoms with Gasteiger partial charge >= 0.3 is 0 Å². The van der Waals surface area contributed by atoms with Crippen LogP contribution in [0.1, 0.15) is 40.6 Å². The van der Waals surface area contributed by atoms with Crippen molar-refractivity contribution in [2.75, 3.05) is 5.32 Å². The number of hydrogen-bond donors (Lipinski definition) is 2. The summed E-state index contributed by atoms with van der Waals surface area (Å²) in [6, 6.07) is 6.35. The van der Waals surface area contributed by atoms with Crippen molar-refractivity contribution >= 4 is 47.0 Å². The standard InChI is InChI=1S/C17H24N4S.HI/c1-5-13-8-7-9-14(6-2)16(13)21-17(18)19-10-15-20-11(3)12(4)22-15;/h7-9H,5-6,10H2,1-4H3,(H3,18,19,21);1H. The summed E-state index contributed by atoms with van der Waals surface area (Å²) in [4.78, 5) is 10.1. The molecule has 0 unspecified atom stereocenters. The van der Waals surface area contributed by atoms with Gasteiger partial charge in [0.25, 0.3) is 0 Å². The molecule has 1 aromatic carbocycles. The van der Waals surface area contributed by atoms with E-state index in [4.69, 9.17) is 5.73 Å². The molecule has 0 amide bonds. The molecule has 2 rings (SSSR count). The lowest BCUT2D eigenvalue weighted by Crippen LogP contribution is -2.24. The smallest absolute Gasteiger partial charge is 0.193 e. The van der Waals surface area contributed by atoms with Gasteiger partial charge in [0.05, 0.1) is 12.2 Å². The summed E-state index contributed by atoms with van der Waals surface area (Å²) in [5, 5.41) is 4.28. The Morgan fingerprint density at radius 1 is 1.22 bits per heavy atom. The molecule has 0 radical (unpaired) electrons. The lowest BCUT2D eigenvalue weighted by molar-refractivity contribution is 1.01. The number of guanidine groups is 1. The molecule has 0 atom stereocenters. The average Bonchev–Trinajstić information content (AvgIpc) is 2.84. The fourth-order valence-corrected chi connectivity index (χ4v) is 3.19. The Bertz CT molecular complexity index is 637. The third kappa shape index (κ3) is 5.17. The van der Waals surface area contributed by atoms with E-state index in [1.807, 2.05) is 6.92 Å². The molecule has 1 aromatic heterocycles. The van der Waals surface area contributed by atoms with E-state index in [0.29, 0.717) is 12.5 Å². The third-order valence-electron chi connectivity index (χ3n) is 3.71. The van der Waals surface area contributed by atoms with Gasteiger partial charge in [0, 0.05) is 10.6 Å². The van der Waals surface area contributed by atoms with Crippen molar-refractivity contribution in [3.8, 4) is 0 Å². The van der Waals surface area contributed by atoms with Gasteiger partial charge in [-0.05, 0) is 37.8 Å². The van der Waals surface area contributed by atoms with Gasteiger partial charge in [-0.15, -0.1) is 35.3 Å². The number of nitrogens with two attached hydrogens (primary N) is 1. The van der Waals surface area contributed by atoms with Crippen LogP contribution in [0.15, 0.2) is 23.2 Å². The molecule has 0 saturated carbocycles. The number of benzene rings is 1. The van der Waals surface area contributed by atoms with Crippen molar-refractivity contribution in [3.05, 3.63) is 44.9 Å². The van der Waals surface area contributed by atoms with Gasteiger partial charge in [0.15, 0.2) is 5.96 Å². The fourth-order valence-electron chi connectivity index (χ4n) is 2.33. The van der Waals surface area contributed by atoms with Crippen LogP contribution < -0.4 is 11.1 Å². The lowest BCUT2D eigenvalue weighted by Gasteiger charge is -2.14. The number of halogens is 1. The first-order valence-electron chi connectivity index (χ1n) is 7.65. The summed E-state index contributed by atoms with van der Waals surface area (Å²) in [7, 11) is 0. The van der Waals surface area contributed by atoms with Crippen LogP contribution in [-0.2, 0) is 19.4 Å². The van der Waals surface area contributed by atoms with Crippen LogP contribution in [0, 0.1) is 13.8 Å². The van der Waals surface area contributed by atoms with Crippen molar-refractivity contribution in [1.29, 1.82) is 0 Å². The largest absolute Gasteiger partial charge is 0.370 e. The van der Waals surface area contributed by atoms with Gasteiger partial charge in [0.2, 0.25) is 0 Å². The molecule has 23 heavy (non-hydrogen) atoms. The molecule has 3 N–H and O–H groups in total. The monoisotopic (exact) mass is 444 g/mol. The first-order valence-corrected chi connectivity index (χ1v) is 8.47. The average molecular weight is 444 g/mol. The highest BCUT2D eigenvalue weighted by molar-refractivity contribution is 14.0. The Kier molecular flexibility index (Phi) is 7.98. The first kappa shape index (κ1) is 19.9. The van der Waals surface area contributed by atoms with Gasteiger partial charge in [0.1, 0.15) is 5.01 Å². The maximum absolute atomic E-state index is 6.06. The molecule has 0 saturated heterocycles. The number of rotatable bonds is 5. The minimum Gasteiger partial charge on any atom is -0.370 e. The van der Waals surface area contributed by atoms with Gasteiger partial charge in [-0.1, -0.05) is 32.0 Å².